The molecule has 1 atom stereocenters. The number of aryl methyl sites for hydroxylation is 1. The highest BCUT2D eigenvalue weighted by atomic mass is 79.9. The van der Waals surface area contributed by atoms with Gasteiger partial charge in [0.15, 0.2) is 0 Å². The Morgan fingerprint density at radius 2 is 2.20 bits per heavy atom. The second kappa shape index (κ2) is 5.96. The van der Waals surface area contributed by atoms with Crippen LogP contribution in [0.2, 0.25) is 0 Å². The highest BCUT2D eigenvalue weighted by Gasteiger charge is 2.31. The van der Waals surface area contributed by atoms with Crippen LogP contribution in [0.1, 0.15) is 48.0 Å². The van der Waals surface area contributed by atoms with Gasteiger partial charge in [-0.25, -0.2) is 4.98 Å². The lowest BCUT2D eigenvalue weighted by molar-refractivity contribution is 0.270. The van der Waals surface area contributed by atoms with E-state index < -0.39 is 0 Å². The van der Waals surface area contributed by atoms with Crippen molar-refractivity contribution in [2.24, 2.45) is 0 Å². The summed E-state index contributed by atoms with van der Waals surface area (Å²) in [6.07, 6.45) is 2.45. The highest BCUT2D eigenvalue weighted by molar-refractivity contribution is 9.10. The number of nitrogens with one attached hydrogen (secondary N) is 1. The third kappa shape index (κ3) is 3.13. The molecule has 1 saturated carbocycles. The van der Waals surface area contributed by atoms with Crippen LogP contribution in [0.4, 0.5) is 0 Å². The van der Waals surface area contributed by atoms with Crippen LogP contribution >= 0.6 is 27.3 Å². The monoisotopic (exact) mass is 350 g/mol. The molecule has 3 rings (SSSR count). The molecule has 2 nitrogen and oxygen atoms in total. The predicted octanol–water partition coefficient (Wildman–Crippen LogP) is 4.81. The number of thiazole rings is 1. The van der Waals surface area contributed by atoms with Crippen LogP contribution < -0.4 is 5.32 Å². The molecule has 2 aromatic rings. The molecule has 1 N–H and O–H groups in total. The van der Waals surface area contributed by atoms with E-state index in [0.717, 1.165) is 5.69 Å². The fraction of sp³-hybridized carbons (Fsp3) is 0.438. The van der Waals surface area contributed by atoms with Gasteiger partial charge in [0.2, 0.25) is 0 Å². The smallest absolute Gasteiger partial charge is 0.110 e. The lowest BCUT2D eigenvalue weighted by atomic mass is 9.75. The molecule has 1 aromatic heterocycles. The topological polar surface area (TPSA) is 24.9 Å². The van der Waals surface area contributed by atoms with Crippen molar-refractivity contribution in [1.82, 2.24) is 10.3 Å². The minimum Gasteiger partial charge on any atom is -0.305 e. The Morgan fingerprint density at radius 3 is 2.85 bits per heavy atom. The zero-order valence-corrected chi connectivity index (χ0v) is 14.2. The standard InChI is InChI=1S/C16H19BrN2S/c1-10-9-20-16(18-10)11(2)19-15-7-13(8-15)12-4-3-5-14(17)6-12/h3-6,9,11,13,15,19H,7-8H2,1-2H3. The van der Waals surface area contributed by atoms with Crippen LogP contribution in [-0.2, 0) is 0 Å². The van der Waals surface area contributed by atoms with Crippen molar-refractivity contribution in [2.75, 3.05) is 0 Å². The van der Waals surface area contributed by atoms with Crippen molar-refractivity contribution in [3.05, 3.63) is 50.4 Å². The summed E-state index contributed by atoms with van der Waals surface area (Å²) in [5.74, 6) is 0.704. The minimum absolute atomic E-state index is 0.363. The molecule has 1 aliphatic carbocycles. The first kappa shape index (κ1) is 14.2. The first-order valence-electron chi connectivity index (χ1n) is 7.05. The molecule has 106 valence electrons. The molecule has 20 heavy (non-hydrogen) atoms. The Hall–Kier alpha value is -0.710. The van der Waals surface area contributed by atoms with Crippen molar-refractivity contribution in [1.29, 1.82) is 0 Å². The van der Waals surface area contributed by atoms with Gasteiger partial charge in [0.05, 0.1) is 6.04 Å². The molecule has 0 spiro atoms. The van der Waals surface area contributed by atoms with E-state index in [4.69, 9.17) is 0 Å². The number of hydrogen-bond acceptors (Lipinski definition) is 3. The average molecular weight is 351 g/mol. The number of aromatic nitrogens is 1. The average Bonchev–Trinajstić information content (AvgIpc) is 2.80. The first-order valence-corrected chi connectivity index (χ1v) is 8.72. The summed E-state index contributed by atoms with van der Waals surface area (Å²) < 4.78 is 1.18. The lowest BCUT2D eigenvalue weighted by Gasteiger charge is -2.38. The maximum absolute atomic E-state index is 4.56. The third-order valence-electron chi connectivity index (χ3n) is 3.95. The SMILES string of the molecule is Cc1csc(C(C)NC2CC(c3cccc(Br)c3)C2)n1. The summed E-state index contributed by atoms with van der Waals surface area (Å²) in [5.41, 5.74) is 2.58. The zero-order valence-electron chi connectivity index (χ0n) is 11.8. The van der Waals surface area contributed by atoms with Crippen LogP contribution in [0.25, 0.3) is 0 Å². The van der Waals surface area contributed by atoms with Crippen molar-refractivity contribution < 1.29 is 0 Å². The Balaban J connectivity index is 1.53. The lowest BCUT2D eigenvalue weighted by Crippen LogP contribution is -2.41. The van der Waals surface area contributed by atoms with Crippen molar-refractivity contribution in [3.8, 4) is 0 Å². The van der Waals surface area contributed by atoms with Crippen molar-refractivity contribution in [2.45, 2.75) is 44.7 Å². The van der Waals surface area contributed by atoms with E-state index in [9.17, 15) is 0 Å². The first-order chi connectivity index (χ1) is 9.61. The minimum atomic E-state index is 0.363. The van der Waals surface area contributed by atoms with Gasteiger partial charge in [0.25, 0.3) is 0 Å². The van der Waals surface area contributed by atoms with Gasteiger partial charge in [0, 0.05) is 21.6 Å². The third-order valence-corrected chi connectivity index (χ3v) is 5.59. The Labute approximate surface area is 132 Å². The molecule has 1 fully saturated rings. The van der Waals surface area contributed by atoms with E-state index in [2.05, 4.69) is 69.7 Å². The van der Waals surface area contributed by atoms with Gasteiger partial charge in [-0.1, -0.05) is 28.1 Å². The molecule has 1 unspecified atom stereocenters. The number of hydrogen-bond donors (Lipinski definition) is 1. The van der Waals surface area contributed by atoms with Crippen LogP contribution in [0.15, 0.2) is 34.1 Å². The van der Waals surface area contributed by atoms with E-state index in [0.29, 0.717) is 18.0 Å². The second-order valence-electron chi connectivity index (χ2n) is 5.64. The Kier molecular flexibility index (Phi) is 4.24. The van der Waals surface area contributed by atoms with Gasteiger partial charge in [-0.05, 0) is 50.3 Å². The number of nitrogens with zero attached hydrogens (tertiary/aromatic N) is 1. The van der Waals surface area contributed by atoms with Crippen molar-refractivity contribution in [3.63, 3.8) is 0 Å². The predicted molar refractivity (Wildman–Crippen MR) is 88.3 cm³/mol. The molecule has 0 saturated heterocycles. The summed E-state index contributed by atoms with van der Waals surface area (Å²) in [6, 6.07) is 9.68. The quantitative estimate of drug-likeness (QED) is 0.855. The largest absolute Gasteiger partial charge is 0.305 e. The van der Waals surface area contributed by atoms with E-state index in [1.54, 1.807) is 11.3 Å². The van der Waals surface area contributed by atoms with Crippen molar-refractivity contribution >= 4 is 27.3 Å². The maximum atomic E-state index is 4.56. The summed E-state index contributed by atoms with van der Waals surface area (Å²) >= 11 is 5.30. The molecule has 4 heteroatoms. The van der Waals surface area contributed by atoms with Gasteiger partial charge in [0.1, 0.15) is 5.01 Å². The van der Waals surface area contributed by atoms with Crippen LogP contribution in [0, 0.1) is 6.92 Å². The fourth-order valence-corrected chi connectivity index (χ4v) is 4.01. The number of halogens is 1. The van der Waals surface area contributed by atoms with Crippen LogP contribution in [0.5, 0.6) is 0 Å². The normalized spacial score (nSPS) is 23.4. The van der Waals surface area contributed by atoms with Gasteiger partial charge in [-0.2, -0.15) is 0 Å². The molecule has 0 aliphatic heterocycles. The number of rotatable bonds is 4. The molecule has 0 amide bonds. The Morgan fingerprint density at radius 1 is 1.40 bits per heavy atom. The maximum Gasteiger partial charge on any atom is 0.110 e. The van der Waals surface area contributed by atoms with Gasteiger partial charge in [-0.3, -0.25) is 0 Å². The summed E-state index contributed by atoms with van der Waals surface area (Å²) in [7, 11) is 0. The molecular formula is C16H19BrN2S. The molecule has 1 aromatic carbocycles. The van der Waals surface area contributed by atoms with Crippen LogP contribution in [-0.4, -0.2) is 11.0 Å². The number of benzene rings is 1. The molecule has 1 aliphatic rings. The fourth-order valence-electron chi connectivity index (χ4n) is 2.78. The summed E-state index contributed by atoms with van der Waals surface area (Å²) in [5, 5.41) is 7.02. The summed E-state index contributed by atoms with van der Waals surface area (Å²) in [4.78, 5) is 4.56. The van der Waals surface area contributed by atoms with Gasteiger partial charge >= 0.3 is 0 Å². The van der Waals surface area contributed by atoms with E-state index in [-0.39, 0.29) is 0 Å². The molecule has 1 heterocycles. The van der Waals surface area contributed by atoms with Gasteiger partial charge < -0.3 is 5.32 Å². The molecule has 0 radical (unpaired) electrons. The van der Waals surface area contributed by atoms with E-state index in [1.807, 2.05) is 0 Å². The van der Waals surface area contributed by atoms with E-state index >= 15 is 0 Å². The summed E-state index contributed by atoms with van der Waals surface area (Å²) in [6.45, 7) is 4.27. The van der Waals surface area contributed by atoms with Crippen LogP contribution in [0.3, 0.4) is 0 Å². The van der Waals surface area contributed by atoms with Gasteiger partial charge in [-0.15, -0.1) is 11.3 Å². The molecule has 0 bridgehead atoms. The zero-order chi connectivity index (χ0) is 14.1. The van der Waals surface area contributed by atoms with E-state index in [1.165, 1.54) is 27.9 Å². The molecular weight excluding hydrogens is 332 g/mol. The Bertz CT molecular complexity index is 590. The second-order valence-corrected chi connectivity index (χ2v) is 7.44. The highest BCUT2D eigenvalue weighted by Crippen LogP contribution is 2.38.